The quantitative estimate of drug-likeness (QED) is 0.760. The normalized spacial score (nSPS) is 12.7. The van der Waals surface area contributed by atoms with Crippen molar-refractivity contribution < 1.29 is 0 Å². The minimum Gasteiger partial charge on any atom is -0.313 e. The fourth-order valence-corrected chi connectivity index (χ4v) is 2.19. The molecule has 0 aliphatic carbocycles. The van der Waals surface area contributed by atoms with E-state index in [4.69, 9.17) is 11.6 Å². The molecule has 3 nitrogen and oxygen atoms in total. The average Bonchev–Trinajstić information content (AvgIpc) is 2.53. The first-order valence-corrected chi connectivity index (χ1v) is 6.50. The van der Waals surface area contributed by atoms with Crippen molar-refractivity contribution in [2.45, 2.75) is 39.2 Å². The summed E-state index contributed by atoms with van der Waals surface area (Å²) in [6.07, 6.45) is 4.94. The van der Waals surface area contributed by atoms with Gasteiger partial charge in [-0.1, -0.05) is 24.6 Å². The van der Waals surface area contributed by atoms with Gasteiger partial charge in [0.25, 0.3) is 0 Å². The molecule has 17 heavy (non-hydrogen) atoms. The first-order chi connectivity index (χ1) is 8.10. The Morgan fingerprint density at radius 1 is 1.59 bits per heavy atom. The molecule has 4 heteroatoms. The van der Waals surface area contributed by atoms with E-state index < -0.39 is 0 Å². The lowest BCUT2D eigenvalue weighted by atomic mass is 10.0. The molecule has 0 fully saturated rings. The minimum atomic E-state index is 0.396. The highest BCUT2D eigenvalue weighted by Crippen LogP contribution is 2.21. The monoisotopic (exact) mass is 255 g/mol. The topological polar surface area (TPSA) is 29.9 Å². The Balaban J connectivity index is 2.74. The number of hydrogen-bond acceptors (Lipinski definition) is 2. The third-order valence-corrected chi connectivity index (χ3v) is 3.33. The van der Waals surface area contributed by atoms with Crippen molar-refractivity contribution in [3.05, 3.63) is 29.1 Å². The smallest absolute Gasteiger partial charge is 0.130 e. The fraction of sp³-hybridized carbons (Fsp3) is 0.615. The molecule has 1 unspecified atom stereocenters. The van der Waals surface area contributed by atoms with Crippen LogP contribution in [0, 0.1) is 6.92 Å². The van der Waals surface area contributed by atoms with Crippen molar-refractivity contribution in [1.29, 1.82) is 0 Å². The Morgan fingerprint density at radius 2 is 2.29 bits per heavy atom. The van der Waals surface area contributed by atoms with E-state index in [1.54, 1.807) is 4.68 Å². The van der Waals surface area contributed by atoms with Gasteiger partial charge in [0.1, 0.15) is 5.15 Å². The Labute approximate surface area is 109 Å². The molecule has 0 bridgehead atoms. The van der Waals surface area contributed by atoms with Gasteiger partial charge >= 0.3 is 0 Å². The Kier molecular flexibility index (Phi) is 5.72. The molecule has 1 atom stereocenters. The predicted octanol–water partition coefficient (Wildman–Crippen LogP) is 2.87. The molecule has 0 aliphatic heterocycles. The van der Waals surface area contributed by atoms with Gasteiger partial charge in [0, 0.05) is 18.7 Å². The molecule has 0 aliphatic rings. The van der Waals surface area contributed by atoms with E-state index in [-0.39, 0.29) is 0 Å². The summed E-state index contributed by atoms with van der Waals surface area (Å²) in [6.45, 7) is 9.00. The lowest BCUT2D eigenvalue weighted by Crippen LogP contribution is -2.31. The summed E-state index contributed by atoms with van der Waals surface area (Å²) < 4.78 is 1.73. The second-order valence-electron chi connectivity index (χ2n) is 4.36. The van der Waals surface area contributed by atoms with Crippen LogP contribution in [0.3, 0.4) is 0 Å². The van der Waals surface area contributed by atoms with Gasteiger partial charge < -0.3 is 5.32 Å². The largest absolute Gasteiger partial charge is 0.313 e. The zero-order valence-corrected chi connectivity index (χ0v) is 11.7. The third kappa shape index (κ3) is 3.86. The molecule has 0 saturated heterocycles. The summed E-state index contributed by atoms with van der Waals surface area (Å²) in [7, 11) is 1.88. The van der Waals surface area contributed by atoms with E-state index in [9.17, 15) is 0 Å². The zero-order chi connectivity index (χ0) is 12.8. The first-order valence-electron chi connectivity index (χ1n) is 6.12. The van der Waals surface area contributed by atoms with Crippen molar-refractivity contribution in [2.75, 3.05) is 6.54 Å². The molecule has 0 aromatic carbocycles. The van der Waals surface area contributed by atoms with E-state index in [2.05, 4.69) is 23.9 Å². The minimum absolute atomic E-state index is 0.396. The van der Waals surface area contributed by atoms with Crippen LogP contribution in [0.1, 0.15) is 31.0 Å². The summed E-state index contributed by atoms with van der Waals surface area (Å²) >= 11 is 6.24. The van der Waals surface area contributed by atoms with Crippen LogP contribution in [0.25, 0.3) is 0 Å². The number of nitrogens with one attached hydrogen (secondary N) is 1. The van der Waals surface area contributed by atoms with E-state index >= 15 is 0 Å². The number of halogens is 1. The molecular weight excluding hydrogens is 234 g/mol. The van der Waals surface area contributed by atoms with Crippen LogP contribution in [0.4, 0.5) is 0 Å². The van der Waals surface area contributed by atoms with Crippen LogP contribution in [0.15, 0.2) is 12.7 Å². The average molecular weight is 256 g/mol. The first kappa shape index (κ1) is 14.3. The second-order valence-corrected chi connectivity index (χ2v) is 4.72. The number of aromatic nitrogens is 2. The maximum Gasteiger partial charge on any atom is 0.130 e. The van der Waals surface area contributed by atoms with Gasteiger partial charge in [0.05, 0.1) is 5.69 Å². The van der Waals surface area contributed by atoms with E-state index in [0.717, 1.165) is 42.2 Å². The molecule has 0 amide bonds. The highest BCUT2D eigenvalue weighted by atomic mass is 35.5. The van der Waals surface area contributed by atoms with Crippen LogP contribution in [0.2, 0.25) is 5.15 Å². The molecule has 0 spiro atoms. The number of hydrogen-bond donors (Lipinski definition) is 1. The fourth-order valence-electron chi connectivity index (χ4n) is 1.94. The van der Waals surface area contributed by atoms with Gasteiger partial charge in [0.2, 0.25) is 0 Å². The van der Waals surface area contributed by atoms with Gasteiger partial charge in [-0.2, -0.15) is 5.10 Å². The molecule has 1 heterocycles. The van der Waals surface area contributed by atoms with Crippen LogP contribution < -0.4 is 5.32 Å². The number of rotatable bonds is 7. The number of aryl methyl sites for hydroxylation is 2. The van der Waals surface area contributed by atoms with Gasteiger partial charge in [-0.25, -0.2) is 0 Å². The highest BCUT2D eigenvalue weighted by Gasteiger charge is 2.15. The predicted molar refractivity (Wildman–Crippen MR) is 73.6 cm³/mol. The van der Waals surface area contributed by atoms with Crippen LogP contribution >= 0.6 is 11.6 Å². The van der Waals surface area contributed by atoms with Crippen molar-refractivity contribution in [2.24, 2.45) is 7.05 Å². The Morgan fingerprint density at radius 3 is 2.76 bits per heavy atom. The van der Waals surface area contributed by atoms with E-state index in [0.29, 0.717) is 6.04 Å². The zero-order valence-electron chi connectivity index (χ0n) is 11.0. The standard InChI is InChI=1S/C13H22ClN3/c1-5-7-11(15-8-6-2)9-12-10(3)16-17(4)13(12)14/h5,11,15H,1,6-9H2,2-4H3. The molecule has 1 rings (SSSR count). The molecule has 0 saturated carbocycles. The molecule has 1 aromatic heterocycles. The van der Waals surface area contributed by atoms with Gasteiger partial charge in [0.15, 0.2) is 0 Å². The molecular formula is C13H22ClN3. The lowest BCUT2D eigenvalue weighted by molar-refractivity contribution is 0.511. The second kappa shape index (κ2) is 6.82. The molecule has 1 aromatic rings. The summed E-state index contributed by atoms with van der Waals surface area (Å²) in [5.41, 5.74) is 2.16. The molecule has 0 radical (unpaired) electrons. The van der Waals surface area contributed by atoms with E-state index in [1.165, 1.54) is 0 Å². The summed E-state index contributed by atoms with van der Waals surface area (Å²) in [4.78, 5) is 0. The van der Waals surface area contributed by atoms with Gasteiger partial charge in [-0.15, -0.1) is 6.58 Å². The highest BCUT2D eigenvalue weighted by molar-refractivity contribution is 6.30. The summed E-state index contributed by atoms with van der Waals surface area (Å²) in [5.74, 6) is 0. The maximum atomic E-state index is 6.24. The summed E-state index contributed by atoms with van der Waals surface area (Å²) in [6, 6.07) is 0.396. The van der Waals surface area contributed by atoms with Gasteiger partial charge in [-0.05, 0) is 32.7 Å². The van der Waals surface area contributed by atoms with Crippen molar-refractivity contribution in [3.63, 3.8) is 0 Å². The van der Waals surface area contributed by atoms with Crippen molar-refractivity contribution >= 4 is 11.6 Å². The van der Waals surface area contributed by atoms with Gasteiger partial charge in [-0.3, -0.25) is 4.68 Å². The number of nitrogens with zero attached hydrogens (tertiary/aromatic N) is 2. The Bertz CT molecular complexity index is 371. The Hall–Kier alpha value is -0.800. The molecule has 96 valence electrons. The summed E-state index contributed by atoms with van der Waals surface area (Å²) in [5, 5.41) is 8.60. The van der Waals surface area contributed by atoms with Crippen LogP contribution in [-0.2, 0) is 13.5 Å². The lowest BCUT2D eigenvalue weighted by Gasteiger charge is -2.16. The van der Waals surface area contributed by atoms with Crippen molar-refractivity contribution in [3.8, 4) is 0 Å². The third-order valence-electron chi connectivity index (χ3n) is 2.85. The van der Waals surface area contributed by atoms with Crippen LogP contribution in [0.5, 0.6) is 0 Å². The maximum absolute atomic E-state index is 6.24. The van der Waals surface area contributed by atoms with Crippen LogP contribution in [-0.4, -0.2) is 22.4 Å². The van der Waals surface area contributed by atoms with E-state index in [1.807, 2.05) is 20.0 Å². The SMILES string of the molecule is C=CCC(Cc1c(C)nn(C)c1Cl)NCCC. The molecule has 1 N–H and O–H groups in total. The van der Waals surface area contributed by atoms with Crippen molar-refractivity contribution in [1.82, 2.24) is 15.1 Å².